The van der Waals surface area contributed by atoms with Gasteiger partial charge >= 0.3 is 0 Å². The lowest BCUT2D eigenvalue weighted by atomic mass is 10.2. The van der Waals surface area contributed by atoms with E-state index >= 15 is 0 Å². The first-order valence-electron chi connectivity index (χ1n) is 9.92. The number of anilines is 3. The molecule has 0 radical (unpaired) electrons. The maximum Gasteiger partial charge on any atom is 0.261 e. The monoisotopic (exact) mass is 487 g/mol. The number of carbonyl (C=O) groups is 2. The molecule has 0 atom stereocenters. The van der Waals surface area contributed by atoms with Crippen LogP contribution in [0.15, 0.2) is 71.6 Å². The fourth-order valence-electron chi connectivity index (χ4n) is 2.96. The maximum atomic E-state index is 13.0. The van der Waals surface area contributed by atoms with Gasteiger partial charge in [-0.15, -0.1) is 0 Å². The molecule has 3 rings (SSSR count). The van der Waals surface area contributed by atoms with Crippen LogP contribution >= 0.6 is 11.6 Å². The average Bonchev–Trinajstić information content (AvgIpc) is 2.74. The summed E-state index contributed by atoms with van der Waals surface area (Å²) >= 11 is 5.96. The van der Waals surface area contributed by atoms with Gasteiger partial charge in [0.15, 0.2) is 0 Å². The Kier molecular flexibility index (Phi) is 7.57. The van der Waals surface area contributed by atoms with Crippen LogP contribution in [0.4, 0.5) is 17.1 Å². The summed E-state index contributed by atoms with van der Waals surface area (Å²) in [5.74, 6) is -0.426. The zero-order valence-corrected chi connectivity index (χ0v) is 19.5. The number of amides is 2. The number of halogens is 1. The largest absolute Gasteiger partial charge is 0.492 e. The lowest BCUT2D eigenvalue weighted by molar-refractivity contribution is -0.114. The van der Waals surface area contributed by atoms with Crippen molar-refractivity contribution in [1.29, 1.82) is 0 Å². The van der Waals surface area contributed by atoms with E-state index in [1.54, 1.807) is 43.3 Å². The van der Waals surface area contributed by atoms with Crippen molar-refractivity contribution >= 4 is 50.5 Å². The predicted molar refractivity (Wildman–Crippen MR) is 129 cm³/mol. The van der Waals surface area contributed by atoms with Crippen LogP contribution < -0.4 is 20.1 Å². The van der Waals surface area contributed by atoms with E-state index in [1.165, 1.54) is 37.3 Å². The Bertz CT molecular complexity index is 1290. The molecule has 0 heterocycles. The predicted octanol–water partition coefficient (Wildman–Crippen LogP) is 4.75. The molecular formula is C23H22ClN3O5S. The van der Waals surface area contributed by atoms with E-state index in [1.807, 2.05) is 0 Å². The topological polar surface area (TPSA) is 114 Å². The van der Waals surface area contributed by atoms with Crippen molar-refractivity contribution in [3.63, 3.8) is 0 Å². The van der Waals surface area contributed by atoms with E-state index in [4.69, 9.17) is 16.3 Å². The van der Waals surface area contributed by atoms with Gasteiger partial charge in [0, 0.05) is 23.2 Å². The lowest BCUT2D eigenvalue weighted by Gasteiger charge is -2.15. The Morgan fingerprint density at radius 2 is 1.67 bits per heavy atom. The minimum atomic E-state index is -4.01. The lowest BCUT2D eigenvalue weighted by Crippen LogP contribution is -2.16. The molecule has 2 amide bonds. The van der Waals surface area contributed by atoms with Crippen LogP contribution in [-0.4, -0.2) is 26.8 Å². The number of benzene rings is 3. The van der Waals surface area contributed by atoms with E-state index in [9.17, 15) is 18.0 Å². The second kappa shape index (κ2) is 10.4. The van der Waals surface area contributed by atoms with Crippen LogP contribution in [0.2, 0.25) is 5.02 Å². The summed E-state index contributed by atoms with van der Waals surface area (Å²) in [5.41, 5.74) is 1.21. The summed E-state index contributed by atoms with van der Waals surface area (Å²) in [7, 11) is -4.01. The first kappa shape index (κ1) is 24.1. The molecule has 0 unspecified atom stereocenters. The number of carbonyl (C=O) groups excluding carboxylic acids is 2. The van der Waals surface area contributed by atoms with Crippen LogP contribution in [0.1, 0.15) is 24.2 Å². The van der Waals surface area contributed by atoms with Crippen molar-refractivity contribution in [2.24, 2.45) is 0 Å². The van der Waals surface area contributed by atoms with Gasteiger partial charge in [0.2, 0.25) is 5.91 Å². The standard InChI is InChI=1S/C23H22ClN3O5S/c1-3-32-22-11-10-20(14-21(22)26-23(29)16-6-4-7-17(24)12-16)33(30,31)27-19-9-5-8-18(13-19)25-15(2)28/h4-14,27H,3H2,1-2H3,(H,25,28)(H,26,29). The summed E-state index contributed by atoms with van der Waals surface area (Å²) in [6.07, 6.45) is 0. The Hall–Kier alpha value is -3.56. The number of ether oxygens (including phenoxy) is 1. The molecule has 0 aliphatic carbocycles. The molecule has 3 aromatic rings. The quantitative estimate of drug-likeness (QED) is 0.424. The number of rotatable bonds is 8. The van der Waals surface area contributed by atoms with Gasteiger partial charge in [-0.25, -0.2) is 8.42 Å². The zero-order valence-electron chi connectivity index (χ0n) is 17.9. The normalized spacial score (nSPS) is 10.9. The van der Waals surface area contributed by atoms with Crippen molar-refractivity contribution in [3.8, 4) is 5.75 Å². The molecular weight excluding hydrogens is 466 g/mol. The van der Waals surface area contributed by atoms with Crippen LogP contribution in [0, 0.1) is 0 Å². The molecule has 0 saturated carbocycles. The van der Waals surface area contributed by atoms with Gasteiger partial charge in [0.1, 0.15) is 5.75 Å². The Morgan fingerprint density at radius 1 is 0.939 bits per heavy atom. The summed E-state index contributed by atoms with van der Waals surface area (Å²) in [6, 6.07) is 16.8. The van der Waals surface area contributed by atoms with E-state index in [-0.39, 0.29) is 22.2 Å². The molecule has 0 aliphatic heterocycles. The van der Waals surface area contributed by atoms with Gasteiger partial charge in [0.25, 0.3) is 15.9 Å². The fourth-order valence-corrected chi connectivity index (χ4v) is 4.22. The molecule has 8 nitrogen and oxygen atoms in total. The molecule has 33 heavy (non-hydrogen) atoms. The second-order valence-electron chi connectivity index (χ2n) is 6.92. The first-order chi connectivity index (χ1) is 15.7. The summed E-state index contributed by atoms with van der Waals surface area (Å²) in [5, 5.41) is 5.68. The average molecular weight is 488 g/mol. The second-order valence-corrected chi connectivity index (χ2v) is 9.04. The minimum absolute atomic E-state index is 0.0859. The molecule has 172 valence electrons. The minimum Gasteiger partial charge on any atom is -0.492 e. The molecule has 0 saturated heterocycles. The number of nitrogens with one attached hydrogen (secondary N) is 3. The van der Waals surface area contributed by atoms with Crippen molar-refractivity contribution in [1.82, 2.24) is 0 Å². The van der Waals surface area contributed by atoms with Crippen molar-refractivity contribution in [3.05, 3.63) is 77.3 Å². The highest BCUT2D eigenvalue weighted by atomic mass is 35.5. The fraction of sp³-hybridized carbons (Fsp3) is 0.130. The smallest absolute Gasteiger partial charge is 0.261 e. The van der Waals surface area contributed by atoms with Crippen molar-refractivity contribution in [2.75, 3.05) is 22.0 Å². The molecule has 10 heteroatoms. The number of hydrogen-bond acceptors (Lipinski definition) is 5. The van der Waals surface area contributed by atoms with Crippen molar-refractivity contribution in [2.45, 2.75) is 18.7 Å². The molecule has 0 aromatic heterocycles. The Labute approximate surface area is 197 Å². The number of hydrogen-bond donors (Lipinski definition) is 3. The van der Waals surface area contributed by atoms with Gasteiger partial charge in [-0.1, -0.05) is 23.7 Å². The highest BCUT2D eigenvalue weighted by Crippen LogP contribution is 2.30. The third-order valence-corrected chi connectivity index (χ3v) is 5.95. The molecule has 0 fully saturated rings. The Balaban J connectivity index is 1.90. The van der Waals surface area contributed by atoms with Gasteiger partial charge in [-0.2, -0.15) is 0 Å². The third kappa shape index (κ3) is 6.47. The Morgan fingerprint density at radius 3 is 2.36 bits per heavy atom. The molecule has 0 bridgehead atoms. The van der Waals surface area contributed by atoms with Gasteiger partial charge < -0.3 is 15.4 Å². The SMILES string of the molecule is CCOc1ccc(S(=O)(=O)Nc2cccc(NC(C)=O)c2)cc1NC(=O)c1cccc(Cl)c1. The van der Waals surface area contributed by atoms with Crippen LogP contribution in [0.5, 0.6) is 5.75 Å². The summed E-state index contributed by atoms with van der Waals surface area (Å²) in [4.78, 5) is 23.8. The van der Waals surface area contributed by atoms with E-state index in [0.717, 1.165) is 0 Å². The molecule has 3 N–H and O–H groups in total. The van der Waals surface area contributed by atoms with Crippen molar-refractivity contribution < 1.29 is 22.7 Å². The molecule has 3 aromatic carbocycles. The third-order valence-electron chi connectivity index (χ3n) is 4.33. The van der Waals surface area contributed by atoms with Gasteiger partial charge in [-0.3, -0.25) is 14.3 Å². The number of sulfonamides is 1. The highest BCUT2D eigenvalue weighted by molar-refractivity contribution is 7.92. The highest BCUT2D eigenvalue weighted by Gasteiger charge is 2.19. The van der Waals surface area contributed by atoms with Crippen LogP contribution in [-0.2, 0) is 14.8 Å². The molecule has 0 spiro atoms. The van der Waals surface area contributed by atoms with E-state index in [2.05, 4.69) is 15.4 Å². The summed E-state index contributed by atoms with van der Waals surface area (Å²) < 4.78 is 34.0. The van der Waals surface area contributed by atoms with Crippen LogP contribution in [0.3, 0.4) is 0 Å². The van der Waals surface area contributed by atoms with Gasteiger partial charge in [0.05, 0.1) is 22.9 Å². The summed E-state index contributed by atoms with van der Waals surface area (Å²) in [6.45, 7) is 3.45. The molecule has 0 aliphatic rings. The first-order valence-corrected chi connectivity index (χ1v) is 11.8. The zero-order chi connectivity index (χ0) is 24.0. The van der Waals surface area contributed by atoms with Gasteiger partial charge in [-0.05, 0) is 61.5 Å². The van der Waals surface area contributed by atoms with E-state index < -0.39 is 15.9 Å². The maximum absolute atomic E-state index is 13.0. The van der Waals surface area contributed by atoms with E-state index in [0.29, 0.717) is 28.6 Å². The van der Waals surface area contributed by atoms with Crippen LogP contribution in [0.25, 0.3) is 0 Å².